The number of sulfone groups is 1. The standard InChI is InChI=1S/C24H20FNO4S/c1-3-16-4-9-19(10-5-16)26-15-23(24(27)17-6-11-20(30-2)12-7-17)31(28,29)22-13-8-18(25)14-21(22)26/h4-15H,3H2,1-2H3. The molecule has 0 N–H and O–H groups in total. The number of allylic oxidation sites excluding steroid dienone is 1. The molecule has 0 radical (unpaired) electrons. The molecule has 0 bridgehead atoms. The number of methoxy groups -OCH3 is 1. The number of carbonyl (C=O) groups excluding carboxylic acids is 1. The number of ketones is 1. The number of carbonyl (C=O) groups is 1. The predicted molar refractivity (Wildman–Crippen MR) is 117 cm³/mol. The Morgan fingerprint density at radius 3 is 2.29 bits per heavy atom. The minimum Gasteiger partial charge on any atom is -0.497 e. The zero-order chi connectivity index (χ0) is 22.2. The number of fused-ring (bicyclic) bond motifs is 1. The normalized spacial score (nSPS) is 14.5. The number of Topliss-reactive ketones (excluding diaryl/α,β-unsaturated/α-hetero) is 1. The van der Waals surface area contributed by atoms with Gasteiger partial charge in [0.05, 0.1) is 17.7 Å². The maximum absolute atomic E-state index is 14.0. The third-order valence-corrected chi connectivity index (χ3v) is 7.00. The van der Waals surface area contributed by atoms with Crippen LogP contribution in [0.1, 0.15) is 22.8 Å². The van der Waals surface area contributed by atoms with Gasteiger partial charge in [-0.15, -0.1) is 0 Å². The molecule has 0 amide bonds. The van der Waals surface area contributed by atoms with Crippen molar-refractivity contribution in [3.8, 4) is 5.75 Å². The zero-order valence-corrected chi connectivity index (χ0v) is 17.8. The summed E-state index contributed by atoms with van der Waals surface area (Å²) >= 11 is 0. The Hall–Kier alpha value is -3.45. The molecule has 1 aliphatic rings. The van der Waals surface area contributed by atoms with Gasteiger partial charge < -0.3 is 9.64 Å². The molecule has 0 atom stereocenters. The van der Waals surface area contributed by atoms with E-state index in [4.69, 9.17) is 4.74 Å². The Morgan fingerprint density at radius 1 is 1.00 bits per heavy atom. The lowest BCUT2D eigenvalue weighted by Gasteiger charge is -2.29. The van der Waals surface area contributed by atoms with Gasteiger partial charge in [-0.1, -0.05) is 19.1 Å². The van der Waals surface area contributed by atoms with E-state index in [1.165, 1.54) is 36.4 Å². The SMILES string of the molecule is CCc1ccc(N2C=C(C(=O)c3ccc(OC)cc3)S(=O)(=O)c3ccc(F)cc32)cc1. The second-order valence-electron chi connectivity index (χ2n) is 7.06. The van der Waals surface area contributed by atoms with Gasteiger partial charge in [-0.3, -0.25) is 4.79 Å². The van der Waals surface area contributed by atoms with Gasteiger partial charge in [-0.2, -0.15) is 0 Å². The lowest BCUT2D eigenvalue weighted by atomic mass is 10.1. The molecule has 1 aliphatic heterocycles. The van der Waals surface area contributed by atoms with Crippen molar-refractivity contribution in [2.45, 2.75) is 18.2 Å². The van der Waals surface area contributed by atoms with Crippen molar-refractivity contribution in [2.75, 3.05) is 12.0 Å². The molecule has 31 heavy (non-hydrogen) atoms. The van der Waals surface area contributed by atoms with E-state index >= 15 is 0 Å². The molecule has 7 heteroatoms. The summed E-state index contributed by atoms with van der Waals surface area (Å²) in [5.74, 6) is -0.661. The minimum atomic E-state index is -4.14. The van der Waals surface area contributed by atoms with E-state index in [1.54, 1.807) is 12.1 Å². The zero-order valence-electron chi connectivity index (χ0n) is 17.0. The highest BCUT2D eigenvalue weighted by Crippen LogP contribution is 2.41. The van der Waals surface area contributed by atoms with Crippen LogP contribution >= 0.6 is 0 Å². The molecule has 158 valence electrons. The molecule has 0 saturated heterocycles. The van der Waals surface area contributed by atoms with Crippen molar-refractivity contribution in [1.29, 1.82) is 0 Å². The number of anilines is 2. The summed E-state index contributed by atoms with van der Waals surface area (Å²) in [4.78, 5) is 14.2. The number of benzene rings is 3. The highest BCUT2D eigenvalue weighted by Gasteiger charge is 2.36. The molecule has 3 aromatic rings. The van der Waals surface area contributed by atoms with Crippen LogP contribution < -0.4 is 9.64 Å². The van der Waals surface area contributed by atoms with Crippen LogP contribution in [0.3, 0.4) is 0 Å². The minimum absolute atomic E-state index is 0.118. The molecule has 5 nitrogen and oxygen atoms in total. The molecule has 3 aromatic carbocycles. The molecular formula is C24H20FNO4S. The maximum atomic E-state index is 14.0. The van der Waals surface area contributed by atoms with Gasteiger partial charge in [0.25, 0.3) is 0 Å². The van der Waals surface area contributed by atoms with Gasteiger partial charge in [0.15, 0.2) is 0 Å². The van der Waals surface area contributed by atoms with Crippen molar-refractivity contribution in [3.05, 3.63) is 94.8 Å². The van der Waals surface area contributed by atoms with Crippen molar-refractivity contribution in [3.63, 3.8) is 0 Å². The highest BCUT2D eigenvalue weighted by molar-refractivity contribution is 7.96. The number of halogens is 1. The monoisotopic (exact) mass is 437 g/mol. The van der Waals surface area contributed by atoms with Crippen LogP contribution in [0.2, 0.25) is 0 Å². The Bertz CT molecular complexity index is 1280. The fourth-order valence-corrected chi connectivity index (χ4v) is 4.97. The third kappa shape index (κ3) is 3.72. The lowest BCUT2D eigenvalue weighted by Crippen LogP contribution is -2.26. The van der Waals surface area contributed by atoms with E-state index in [9.17, 15) is 17.6 Å². The van der Waals surface area contributed by atoms with Gasteiger partial charge >= 0.3 is 0 Å². The molecule has 0 unspecified atom stereocenters. The van der Waals surface area contributed by atoms with Gasteiger partial charge in [-0.25, -0.2) is 12.8 Å². The van der Waals surface area contributed by atoms with Crippen LogP contribution in [0.4, 0.5) is 15.8 Å². The van der Waals surface area contributed by atoms with Crippen LogP contribution in [0.5, 0.6) is 5.75 Å². The van der Waals surface area contributed by atoms with Crippen LogP contribution in [0, 0.1) is 5.82 Å². The Balaban J connectivity index is 1.88. The largest absolute Gasteiger partial charge is 0.497 e. The summed E-state index contributed by atoms with van der Waals surface area (Å²) in [6.07, 6.45) is 2.11. The summed E-state index contributed by atoms with van der Waals surface area (Å²) in [6, 6.07) is 17.1. The summed E-state index contributed by atoms with van der Waals surface area (Å²) in [5, 5.41) is 0. The maximum Gasteiger partial charge on any atom is 0.214 e. The van der Waals surface area contributed by atoms with Crippen molar-refractivity contribution < 1.29 is 22.3 Å². The van der Waals surface area contributed by atoms with E-state index in [-0.39, 0.29) is 21.1 Å². The van der Waals surface area contributed by atoms with Crippen molar-refractivity contribution >= 4 is 27.0 Å². The van der Waals surface area contributed by atoms with E-state index < -0.39 is 21.4 Å². The highest BCUT2D eigenvalue weighted by atomic mass is 32.2. The number of hydrogen-bond donors (Lipinski definition) is 0. The molecule has 0 aliphatic carbocycles. The Morgan fingerprint density at radius 2 is 1.68 bits per heavy atom. The van der Waals surface area contributed by atoms with Crippen molar-refractivity contribution in [1.82, 2.24) is 0 Å². The van der Waals surface area contributed by atoms with E-state index in [2.05, 4.69) is 0 Å². The second-order valence-corrected chi connectivity index (χ2v) is 8.94. The molecular weight excluding hydrogens is 417 g/mol. The van der Waals surface area contributed by atoms with E-state index in [1.807, 2.05) is 31.2 Å². The second kappa shape index (κ2) is 8.00. The summed E-state index contributed by atoms with van der Waals surface area (Å²) in [5.41, 5.74) is 2.10. The topological polar surface area (TPSA) is 63.7 Å². The number of rotatable bonds is 5. The third-order valence-electron chi connectivity index (χ3n) is 5.20. The average Bonchev–Trinajstić information content (AvgIpc) is 2.79. The molecule has 1 heterocycles. The van der Waals surface area contributed by atoms with Crippen LogP contribution in [-0.4, -0.2) is 21.3 Å². The summed E-state index contributed by atoms with van der Waals surface area (Å²) in [7, 11) is -2.64. The predicted octanol–water partition coefficient (Wildman–Crippen LogP) is 5.05. The van der Waals surface area contributed by atoms with Crippen molar-refractivity contribution in [2.24, 2.45) is 0 Å². The Kier molecular flexibility index (Phi) is 5.37. The van der Waals surface area contributed by atoms with E-state index in [0.29, 0.717) is 11.4 Å². The summed E-state index contributed by atoms with van der Waals surface area (Å²) < 4.78 is 45.7. The van der Waals surface area contributed by atoms with Crippen LogP contribution in [0.25, 0.3) is 0 Å². The number of ether oxygens (including phenoxy) is 1. The molecule has 4 rings (SSSR count). The Labute approximate surface area is 180 Å². The number of hydrogen-bond acceptors (Lipinski definition) is 5. The first-order valence-corrected chi connectivity index (χ1v) is 11.2. The quantitative estimate of drug-likeness (QED) is 0.413. The fourth-order valence-electron chi connectivity index (χ4n) is 3.45. The van der Waals surface area contributed by atoms with Gasteiger partial charge in [0.2, 0.25) is 15.6 Å². The molecule has 0 aromatic heterocycles. The first-order valence-electron chi connectivity index (χ1n) is 9.68. The van der Waals surface area contributed by atoms with Gasteiger partial charge in [-0.05, 0) is 66.6 Å². The lowest BCUT2D eigenvalue weighted by molar-refractivity contribution is 0.104. The first-order chi connectivity index (χ1) is 14.8. The van der Waals surface area contributed by atoms with Crippen LogP contribution in [0.15, 0.2) is 82.7 Å². The number of aryl methyl sites for hydroxylation is 1. The number of nitrogens with zero attached hydrogens (tertiary/aromatic N) is 1. The smallest absolute Gasteiger partial charge is 0.214 e. The first kappa shape index (κ1) is 20.8. The van der Waals surface area contributed by atoms with Gasteiger partial charge in [0, 0.05) is 17.5 Å². The molecule has 0 saturated carbocycles. The summed E-state index contributed by atoms with van der Waals surface area (Å²) in [6.45, 7) is 2.03. The van der Waals surface area contributed by atoms with E-state index in [0.717, 1.165) is 24.1 Å². The molecule has 0 fully saturated rings. The molecule has 0 spiro atoms. The fraction of sp³-hybridized carbons (Fsp3) is 0.125. The van der Waals surface area contributed by atoms with Gasteiger partial charge in [0.1, 0.15) is 16.5 Å². The average molecular weight is 437 g/mol. The van der Waals surface area contributed by atoms with Crippen LogP contribution in [-0.2, 0) is 16.3 Å².